The van der Waals surface area contributed by atoms with Gasteiger partial charge in [0.05, 0.1) is 12.0 Å². The molecule has 0 aliphatic carbocycles. The highest BCUT2D eigenvalue weighted by Gasteiger charge is 2.30. The molecule has 116 valence electrons. The molecule has 1 atom stereocenters. The Bertz CT molecular complexity index is 614. The Morgan fingerprint density at radius 2 is 1.62 bits per heavy atom. The zero-order valence-corrected chi connectivity index (χ0v) is 13.4. The second kappa shape index (κ2) is 6.85. The molecule has 0 saturated carbocycles. The summed E-state index contributed by atoms with van der Waals surface area (Å²) in [6.45, 7) is 5.16. The molecule has 1 unspecified atom stereocenters. The lowest BCUT2D eigenvalue weighted by molar-refractivity contribution is -0.139. The topological polar surface area (TPSA) is 77.5 Å². The summed E-state index contributed by atoms with van der Waals surface area (Å²) in [5, 5.41) is -1.28. The minimum Gasteiger partial charge on any atom is -0.468 e. The van der Waals surface area contributed by atoms with Crippen LogP contribution in [-0.2, 0) is 19.4 Å². The van der Waals surface area contributed by atoms with Gasteiger partial charge < -0.3 is 4.74 Å². The summed E-state index contributed by atoms with van der Waals surface area (Å²) in [6, 6.07) is 5.65. The third-order valence-corrected chi connectivity index (χ3v) is 5.15. The van der Waals surface area contributed by atoms with Crippen LogP contribution in [0.1, 0.15) is 37.6 Å². The molecule has 0 N–H and O–H groups in total. The molecular weight excluding hydrogens is 292 g/mol. The van der Waals surface area contributed by atoms with Crippen molar-refractivity contribution in [2.24, 2.45) is 5.92 Å². The Hall–Kier alpha value is -1.69. The number of benzene rings is 1. The second-order valence-corrected chi connectivity index (χ2v) is 7.52. The number of Topliss-reactive ketones (excluding diaryl/α,β-unsaturated/α-hetero) is 1. The first kappa shape index (κ1) is 17.4. The molecule has 1 rings (SSSR count). The van der Waals surface area contributed by atoms with Crippen LogP contribution in [0.5, 0.6) is 0 Å². The largest absolute Gasteiger partial charge is 0.468 e. The molecule has 0 aromatic heterocycles. The Kier molecular flexibility index (Phi) is 5.66. The van der Waals surface area contributed by atoms with Gasteiger partial charge in [0.2, 0.25) is 0 Å². The van der Waals surface area contributed by atoms with Crippen LogP contribution in [0, 0.1) is 5.92 Å². The van der Waals surface area contributed by atoms with Gasteiger partial charge in [-0.05, 0) is 25.0 Å². The number of hydrogen-bond donors (Lipinski definition) is 0. The number of sulfone groups is 1. The fourth-order valence-electron chi connectivity index (χ4n) is 1.82. The molecule has 0 aliphatic rings. The normalized spacial score (nSPS) is 13.0. The SMILES string of the molecule is COC(=O)C(C)S(=O)(=O)c1ccc(C(=O)CC(C)C)cc1. The molecule has 5 nitrogen and oxygen atoms in total. The molecule has 0 amide bonds. The van der Waals surface area contributed by atoms with Gasteiger partial charge in [0.15, 0.2) is 20.9 Å². The summed E-state index contributed by atoms with van der Waals surface area (Å²) in [5.74, 6) is -0.606. The Labute approximate surface area is 125 Å². The predicted molar refractivity (Wildman–Crippen MR) is 78.9 cm³/mol. The average Bonchev–Trinajstić information content (AvgIpc) is 2.44. The van der Waals surface area contributed by atoms with Gasteiger partial charge in [-0.1, -0.05) is 26.0 Å². The van der Waals surface area contributed by atoms with E-state index in [4.69, 9.17) is 0 Å². The van der Waals surface area contributed by atoms with E-state index in [9.17, 15) is 18.0 Å². The van der Waals surface area contributed by atoms with Crippen LogP contribution in [0.25, 0.3) is 0 Å². The lowest BCUT2D eigenvalue weighted by Gasteiger charge is -2.11. The van der Waals surface area contributed by atoms with E-state index >= 15 is 0 Å². The maximum Gasteiger partial charge on any atom is 0.324 e. The van der Waals surface area contributed by atoms with E-state index in [1.807, 2.05) is 13.8 Å². The Morgan fingerprint density at radius 3 is 2.05 bits per heavy atom. The molecule has 0 fully saturated rings. The third kappa shape index (κ3) is 4.14. The van der Waals surface area contributed by atoms with Crippen LogP contribution < -0.4 is 0 Å². The number of carbonyl (C=O) groups is 2. The highest BCUT2D eigenvalue weighted by molar-refractivity contribution is 7.92. The molecule has 0 saturated heterocycles. The molecule has 0 heterocycles. The summed E-state index contributed by atoms with van der Waals surface area (Å²) in [5.41, 5.74) is 0.466. The minimum absolute atomic E-state index is 0.00139. The molecule has 21 heavy (non-hydrogen) atoms. The maximum atomic E-state index is 12.2. The van der Waals surface area contributed by atoms with Gasteiger partial charge in [-0.3, -0.25) is 9.59 Å². The minimum atomic E-state index is -3.80. The average molecular weight is 312 g/mol. The first-order chi connectivity index (χ1) is 9.70. The van der Waals surface area contributed by atoms with Crippen LogP contribution in [0.2, 0.25) is 0 Å². The van der Waals surface area contributed by atoms with Gasteiger partial charge in [-0.25, -0.2) is 8.42 Å². The van der Waals surface area contributed by atoms with E-state index in [2.05, 4.69) is 4.74 Å². The smallest absolute Gasteiger partial charge is 0.324 e. The lowest BCUT2D eigenvalue weighted by atomic mass is 10.0. The summed E-state index contributed by atoms with van der Waals surface area (Å²) in [6.07, 6.45) is 0.407. The van der Waals surface area contributed by atoms with E-state index in [0.29, 0.717) is 12.0 Å². The highest BCUT2D eigenvalue weighted by Crippen LogP contribution is 2.19. The zero-order valence-electron chi connectivity index (χ0n) is 12.6. The monoisotopic (exact) mass is 312 g/mol. The van der Waals surface area contributed by atoms with Gasteiger partial charge in [-0.15, -0.1) is 0 Å². The fourth-order valence-corrected chi connectivity index (χ4v) is 3.09. The number of ketones is 1. The standard InChI is InChI=1S/C15H20O5S/c1-10(2)9-14(16)12-5-7-13(8-6-12)21(18,19)11(3)15(17)20-4/h5-8,10-11H,9H2,1-4H3. The van der Waals surface area contributed by atoms with Crippen molar-refractivity contribution >= 4 is 21.6 Å². The fraction of sp³-hybridized carbons (Fsp3) is 0.467. The molecule has 0 aliphatic heterocycles. The molecule has 1 aromatic rings. The van der Waals surface area contributed by atoms with Gasteiger partial charge in [-0.2, -0.15) is 0 Å². The summed E-state index contributed by atoms with van der Waals surface area (Å²) in [4.78, 5) is 23.3. The van der Waals surface area contributed by atoms with Crippen molar-refractivity contribution in [3.8, 4) is 0 Å². The van der Waals surface area contributed by atoms with Crippen molar-refractivity contribution < 1.29 is 22.7 Å². The second-order valence-electron chi connectivity index (χ2n) is 5.26. The quantitative estimate of drug-likeness (QED) is 0.595. The molecule has 6 heteroatoms. The number of carbonyl (C=O) groups excluding carboxylic acids is 2. The Balaban J connectivity index is 3.02. The van der Waals surface area contributed by atoms with Crippen LogP contribution in [-0.4, -0.2) is 32.5 Å². The molecular formula is C15H20O5S. The summed E-state index contributed by atoms with van der Waals surface area (Å²) >= 11 is 0. The van der Waals surface area contributed by atoms with Crippen molar-refractivity contribution in [2.45, 2.75) is 37.3 Å². The lowest BCUT2D eigenvalue weighted by Crippen LogP contribution is -2.28. The van der Waals surface area contributed by atoms with Crippen molar-refractivity contribution in [2.75, 3.05) is 7.11 Å². The number of esters is 1. The highest BCUT2D eigenvalue weighted by atomic mass is 32.2. The van der Waals surface area contributed by atoms with Crippen LogP contribution in [0.3, 0.4) is 0 Å². The van der Waals surface area contributed by atoms with Gasteiger partial charge >= 0.3 is 5.97 Å². The van der Waals surface area contributed by atoms with E-state index in [1.165, 1.54) is 31.2 Å². The van der Waals surface area contributed by atoms with Gasteiger partial charge in [0, 0.05) is 12.0 Å². The molecule has 0 bridgehead atoms. The first-order valence-corrected chi connectivity index (χ1v) is 8.19. The zero-order chi connectivity index (χ0) is 16.2. The van der Waals surface area contributed by atoms with Crippen LogP contribution in [0.4, 0.5) is 0 Å². The predicted octanol–water partition coefficient (Wildman–Crippen LogP) is 2.25. The van der Waals surface area contributed by atoms with Gasteiger partial charge in [0.1, 0.15) is 0 Å². The number of hydrogen-bond acceptors (Lipinski definition) is 5. The van der Waals surface area contributed by atoms with E-state index in [-0.39, 0.29) is 16.6 Å². The third-order valence-electron chi connectivity index (χ3n) is 3.10. The number of rotatable bonds is 6. The van der Waals surface area contributed by atoms with Crippen molar-refractivity contribution in [3.05, 3.63) is 29.8 Å². The van der Waals surface area contributed by atoms with Crippen LogP contribution in [0.15, 0.2) is 29.2 Å². The van der Waals surface area contributed by atoms with E-state index in [0.717, 1.165) is 7.11 Å². The van der Waals surface area contributed by atoms with E-state index < -0.39 is 21.1 Å². The summed E-state index contributed by atoms with van der Waals surface area (Å²) in [7, 11) is -2.66. The number of ether oxygens (including phenoxy) is 1. The van der Waals surface area contributed by atoms with Crippen molar-refractivity contribution in [1.29, 1.82) is 0 Å². The van der Waals surface area contributed by atoms with E-state index in [1.54, 1.807) is 0 Å². The number of methoxy groups -OCH3 is 1. The first-order valence-electron chi connectivity index (χ1n) is 6.65. The maximum absolute atomic E-state index is 12.2. The van der Waals surface area contributed by atoms with Crippen molar-refractivity contribution in [3.63, 3.8) is 0 Å². The van der Waals surface area contributed by atoms with Gasteiger partial charge in [0.25, 0.3) is 0 Å². The summed E-state index contributed by atoms with van der Waals surface area (Å²) < 4.78 is 28.9. The molecule has 0 radical (unpaired) electrons. The van der Waals surface area contributed by atoms with Crippen LogP contribution >= 0.6 is 0 Å². The molecule has 1 aromatic carbocycles. The molecule has 0 spiro atoms. The Morgan fingerprint density at radius 1 is 1.10 bits per heavy atom. The van der Waals surface area contributed by atoms with Crippen molar-refractivity contribution in [1.82, 2.24) is 0 Å².